The van der Waals surface area contributed by atoms with Gasteiger partial charge in [0.25, 0.3) is 5.56 Å². The molecule has 49 heavy (non-hydrogen) atoms. The van der Waals surface area contributed by atoms with Gasteiger partial charge in [0.15, 0.2) is 12.4 Å². The first kappa shape index (κ1) is 35.2. The number of carbonyl (C=O) groups excluding carboxylic acids is 3. The molecule has 268 valence electrons. The van der Waals surface area contributed by atoms with Crippen LogP contribution in [0.1, 0.15) is 84.8 Å². The first-order chi connectivity index (χ1) is 23.1. The van der Waals surface area contributed by atoms with E-state index in [0.29, 0.717) is 47.4 Å². The van der Waals surface area contributed by atoms with Gasteiger partial charge in [0, 0.05) is 29.4 Å². The van der Waals surface area contributed by atoms with Crippen LogP contribution in [-0.4, -0.2) is 70.7 Å². The van der Waals surface area contributed by atoms with E-state index in [-0.39, 0.29) is 52.4 Å². The van der Waals surface area contributed by atoms with Crippen LogP contribution in [0.15, 0.2) is 23.0 Å². The lowest BCUT2D eigenvalue weighted by Gasteiger charge is -2.34. The van der Waals surface area contributed by atoms with E-state index >= 15 is 0 Å². The largest absolute Gasteiger partial charge is 0.484 e. The highest BCUT2D eigenvalue weighted by Crippen LogP contribution is 2.65. The fourth-order valence-electron chi connectivity index (χ4n) is 8.72. The van der Waals surface area contributed by atoms with E-state index in [2.05, 4.69) is 29.1 Å². The van der Waals surface area contributed by atoms with E-state index in [1.165, 1.54) is 18.2 Å². The summed E-state index contributed by atoms with van der Waals surface area (Å²) in [6.45, 7) is 6.97. The summed E-state index contributed by atoms with van der Waals surface area (Å²) in [6, 6.07) is 3.85. The van der Waals surface area contributed by atoms with Crippen molar-refractivity contribution in [2.45, 2.75) is 104 Å². The molecule has 1 aromatic carbocycles. The minimum absolute atomic E-state index is 0.00218. The number of halogens is 3. The highest BCUT2D eigenvalue weighted by Gasteiger charge is 2.64. The Morgan fingerprint density at radius 1 is 1.16 bits per heavy atom. The van der Waals surface area contributed by atoms with Crippen LogP contribution in [0.4, 0.5) is 18.0 Å². The first-order valence-corrected chi connectivity index (χ1v) is 17.6. The third kappa shape index (κ3) is 7.31. The van der Waals surface area contributed by atoms with Gasteiger partial charge in [-0.25, -0.2) is 9.78 Å². The van der Waals surface area contributed by atoms with Gasteiger partial charge in [-0.1, -0.05) is 40.5 Å². The van der Waals surface area contributed by atoms with Crippen LogP contribution >= 0.6 is 0 Å². The molecule has 1 aliphatic heterocycles. The molecule has 5 unspecified atom stereocenters. The predicted molar refractivity (Wildman–Crippen MR) is 175 cm³/mol. The van der Waals surface area contributed by atoms with Crippen molar-refractivity contribution in [3.63, 3.8) is 0 Å². The number of alkyl carbamates (subject to hydrolysis) is 1. The normalized spacial score (nSPS) is 30.1. The van der Waals surface area contributed by atoms with E-state index in [4.69, 9.17) is 9.47 Å². The average Bonchev–Trinajstić information content (AvgIpc) is 3.88. The number of H-pyrrole nitrogens is 1. The molecule has 4 aliphatic rings. The zero-order valence-electron chi connectivity index (χ0n) is 28.7. The van der Waals surface area contributed by atoms with Gasteiger partial charge in [0.1, 0.15) is 24.1 Å². The van der Waals surface area contributed by atoms with Crippen molar-refractivity contribution >= 4 is 28.8 Å². The Balaban J connectivity index is 0.964. The Bertz CT molecular complexity index is 1660. The second kappa shape index (κ2) is 13.2. The number of aryl methyl sites for hydroxylation is 1. The molecule has 1 saturated heterocycles. The summed E-state index contributed by atoms with van der Waals surface area (Å²) in [4.78, 5) is 60.7. The molecule has 4 fully saturated rings. The standard InChI is InChI=1S/C36H47F3N4O6/c1-20(2)30(45)31-35(17-21(35)3)12-13-43(31)29(44)18-40-33(47)49-28-15-22-14-24(22)34(28,4)11-7-5-6-8-26-32(46)42-27-16-23(9-10-25(27)41-26)48-19-36(37,38)39/h9-10,16,20-22,24,28,31H,5-8,11-15,17-19H2,1-4H3,(H,40,47)(H,42,46)/t21-,22?,24?,28?,31-,34?,35?/m1/s1. The molecule has 6 rings (SSSR count). The first-order valence-electron chi connectivity index (χ1n) is 17.6. The van der Waals surface area contributed by atoms with Gasteiger partial charge >= 0.3 is 12.3 Å². The summed E-state index contributed by atoms with van der Waals surface area (Å²) in [5, 5.41) is 2.67. The number of carbonyl (C=O) groups is 3. The smallest absolute Gasteiger partial charge is 0.422 e. The van der Waals surface area contributed by atoms with Gasteiger partial charge in [-0.15, -0.1) is 0 Å². The van der Waals surface area contributed by atoms with Crippen molar-refractivity contribution in [2.24, 2.45) is 34.5 Å². The molecule has 13 heteroatoms. The lowest BCUT2D eigenvalue weighted by atomic mass is 9.77. The molecular weight excluding hydrogens is 641 g/mol. The molecule has 2 heterocycles. The maximum Gasteiger partial charge on any atom is 0.422 e. The zero-order valence-corrected chi connectivity index (χ0v) is 28.7. The molecule has 3 aliphatic carbocycles. The fraction of sp³-hybridized carbons (Fsp3) is 0.694. The quantitative estimate of drug-likeness (QED) is 0.249. The van der Waals surface area contributed by atoms with E-state index in [1.807, 2.05) is 13.8 Å². The van der Waals surface area contributed by atoms with Crippen LogP contribution in [0.3, 0.4) is 0 Å². The summed E-state index contributed by atoms with van der Waals surface area (Å²) >= 11 is 0. The zero-order chi connectivity index (χ0) is 35.3. The van der Waals surface area contributed by atoms with E-state index < -0.39 is 24.9 Å². The number of alkyl halides is 3. The van der Waals surface area contributed by atoms with Crippen molar-refractivity contribution < 1.29 is 37.0 Å². The molecule has 7 atom stereocenters. The molecule has 1 aromatic heterocycles. The van der Waals surface area contributed by atoms with Crippen molar-refractivity contribution in [3.05, 3.63) is 34.2 Å². The van der Waals surface area contributed by atoms with Gasteiger partial charge in [-0.2, -0.15) is 13.2 Å². The number of benzene rings is 1. The Labute approximate surface area is 283 Å². The number of unbranched alkanes of at least 4 members (excludes halogenated alkanes) is 2. The molecular formula is C36H47F3N4O6. The van der Waals surface area contributed by atoms with E-state index in [0.717, 1.165) is 51.4 Å². The lowest BCUT2D eigenvalue weighted by Crippen LogP contribution is -2.49. The maximum absolute atomic E-state index is 13.2. The van der Waals surface area contributed by atoms with Gasteiger partial charge in [0.05, 0.1) is 17.1 Å². The van der Waals surface area contributed by atoms with E-state index in [1.54, 1.807) is 4.90 Å². The summed E-state index contributed by atoms with van der Waals surface area (Å²) in [5.74, 6) is 1.11. The number of rotatable bonds is 13. The number of nitrogens with zero attached hydrogens (tertiary/aromatic N) is 2. The molecule has 10 nitrogen and oxygen atoms in total. The van der Waals surface area contributed by atoms with Crippen molar-refractivity contribution in [3.8, 4) is 5.75 Å². The van der Waals surface area contributed by atoms with Crippen LogP contribution in [0.2, 0.25) is 0 Å². The van der Waals surface area contributed by atoms with Crippen molar-refractivity contribution in [1.82, 2.24) is 20.2 Å². The van der Waals surface area contributed by atoms with Gasteiger partial charge in [-0.3, -0.25) is 14.4 Å². The predicted octanol–water partition coefficient (Wildman–Crippen LogP) is 5.96. The molecule has 0 bridgehead atoms. The molecule has 0 radical (unpaired) electrons. The highest BCUT2D eigenvalue weighted by atomic mass is 19.4. The van der Waals surface area contributed by atoms with E-state index in [9.17, 15) is 32.3 Å². The number of hydrogen-bond donors (Lipinski definition) is 2. The number of fused-ring (bicyclic) bond motifs is 2. The third-order valence-corrected chi connectivity index (χ3v) is 11.8. The molecule has 1 spiro atoms. The second-order valence-electron chi connectivity index (χ2n) is 15.4. The lowest BCUT2D eigenvalue weighted by molar-refractivity contribution is -0.153. The molecule has 2 aromatic rings. The topological polar surface area (TPSA) is 131 Å². The summed E-state index contributed by atoms with van der Waals surface area (Å²) < 4.78 is 48.1. The fourth-order valence-corrected chi connectivity index (χ4v) is 8.72. The third-order valence-electron chi connectivity index (χ3n) is 11.8. The van der Waals surface area contributed by atoms with Crippen LogP contribution in [0, 0.1) is 34.5 Å². The summed E-state index contributed by atoms with van der Waals surface area (Å²) in [5.41, 5.74) is 0.483. The summed E-state index contributed by atoms with van der Waals surface area (Å²) in [6.07, 6.45) is 2.15. The molecule has 2 amide bonds. The Kier molecular flexibility index (Phi) is 9.51. The van der Waals surface area contributed by atoms with Crippen LogP contribution in [0.5, 0.6) is 5.75 Å². The Morgan fingerprint density at radius 2 is 1.92 bits per heavy atom. The molecule has 2 N–H and O–H groups in total. The van der Waals surface area contributed by atoms with Crippen LogP contribution in [0.25, 0.3) is 11.0 Å². The number of hydrogen-bond acceptors (Lipinski definition) is 7. The van der Waals surface area contributed by atoms with Crippen LogP contribution < -0.4 is 15.6 Å². The number of amides is 2. The van der Waals surface area contributed by atoms with Gasteiger partial charge < -0.3 is 24.7 Å². The SMILES string of the molecule is CC(C)C(=O)[C@H]1N(C(=O)CNC(=O)OC2CC3CC3C2(C)CCCCCc2nc3ccc(OCC(F)(F)F)cc3[nH]c2=O)CCC12C[C@H]2C. The van der Waals surface area contributed by atoms with Gasteiger partial charge in [-0.05, 0) is 74.8 Å². The van der Waals surface area contributed by atoms with Crippen molar-refractivity contribution in [1.29, 1.82) is 0 Å². The van der Waals surface area contributed by atoms with Gasteiger partial charge in [0.2, 0.25) is 5.91 Å². The Hall–Kier alpha value is -3.64. The number of aromatic amines is 1. The minimum atomic E-state index is -4.46. The number of ketones is 1. The monoisotopic (exact) mass is 688 g/mol. The number of nitrogens with one attached hydrogen (secondary N) is 2. The maximum atomic E-state index is 13.2. The van der Waals surface area contributed by atoms with Crippen LogP contribution in [-0.2, 0) is 20.7 Å². The second-order valence-corrected chi connectivity index (χ2v) is 15.4. The number of aromatic nitrogens is 2. The highest BCUT2D eigenvalue weighted by molar-refractivity contribution is 5.93. The number of Topliss-reactive ketones (excluding diaryl/α,β-unsaturated/α-hetero) is 1. The van der Waals surface area contributed by atoms with Crippen molar-refractivity contribution in [2.75, 3.05) is 19.7 Å². The Morgan fingerprint density at radius 3 is 2.61 bits per heavy atom. The summed E-state index contributed by atoms with van der Waals surface area (Å²) in [7, 11) is 0. The minimum Gasteiger partial charge on any atom is -0.484 e. The average molecular weight is 689 g/mol. The molecule has 3 saturated carbocycles. The number of likely N-dealkylation sites (tertiary alicyclic amines) is 1. The number of ether oxygens (including phenoxy) is 2.